The van der Waals surface area contributed by atoms with Gasteiger partial charge in [-0.05, 0) is 41.7 Å². The summed E-state index contributed by atoms with van der Waals surface area (Å²) in [5.41, 5.74) is 1.39. The van der Waals surface area contributed by atoms with Gasteiger partial charge in [0.2, 0.25) is 0 Å². The Labute approximate surface area is 141 Å². The van der Waals surface area contributed by atoms with E-state index in [0.717, 1.165) is 32.4 Å². The minimum absolute atomic E-state index is 0.169. The van der Waals surface area contributed by atoms with Crippen LogP contribution in [0, 0.1) is 0 Å². The normalized spacial score (nSPS) is 32.0. The van der Waals surface area contributed by atoms with Crippen molar-refractivity contribution in [1.29, 1.82) is 0 Å². The standard InChI is InChI=1S/C17H24N2O3S/c20-17(18-6-8-21-9-7-18)16-2-1-14-15(22-16)3-5-19(14)11-13-4-10-23-12-13/h4,10,12,14-16H,1-3,5-9,11H2/t14-,15-,16-/m0/s1. The highest BCUT2D eigenvalue weighted by molar-refractivity contribution is 7.07. The number of nitrogens with zero attached hydrogens (tertiary/aromatic N) is 2. The third-order valence-corrected chi connectivity index (χ3v) is 5.96. The first-order valence-electron chi connectivity index (χ1n) is 8.58. The SMILES string of the molecule is O=C([C@@H]1CC[C@H]2[C@H](CCN2Cc2ccsc2)O1)N1CCOCC1. The smallest absolute Gasteiger partial charge is 0.251 e. The molecule has 4 rings (SSSR count). The number of rotatable bonds is 3. The second-order valence-corrected chi connectivity index (χ2v) is 7.42. The summed E-state index contributed by atoms with van der Waals surface area (Å²) in [5, 5.41) is 4.36. The summed E-state index contributed by atoms with van der Waals surface area (Å²) in [4.78, 5) is 17.1. The van der Waals surface area contributed by atoms with Crippen LogP contribution >= 0.6 is 11.3 Å². The van der Waals surface area contributed by atoms with Gasteiger partial charge in [0.15, 0.2) is 0 Å². The molecule has 1 aromatic rings. The summed E-state index contributed by atoms with van der Waals surface area (Å²) in [7, 11) is 0. The van der Waals surface area contributed by atoms with Crippen LogP contribution in [-0.2, 0) is 20.8 Å². The zero-order chi connectivity index (χ0) is 15.6. The Morgan fingerprint density at radius 3 is 2.87 bits per heavy atom. The van der Waals surface area contributed by atoms with Gasteiger partial charge in [0, 0.05) is 32.2 Å². The predicted molar refractivity (Wildman–Crippen MR) is 88.4 cm³/mol. The molecule has 23 heavy (non-hydrogen) atoms. The van der Waals surface area contributed by atoms with Gasteiger partial charge in [-0.25, -0.2) is 0 Å². The van der Waals surface area contributed by atoms with Gasteiger partial charge in [-0.2, -0.15) is 11.3 Å². The zero-order valence-corrected chi connectivity index (χ0v) is 14.2. The van der Waals surface area contributed by atoms with Crippen molar-refractivity contribution in [2.45, 2.75) is 44.1 Å². The molecular weight excluding hydrogens is 312 g/mol. The molecule has 0 aromatic carbocycles. The number of fused-ring (bicyclic) bond motifs is 1. The lowest BCUT2D eigenvalue weighted by molar-refractivity contribution is -0.158. The number of amides is 1. The molecule has 0 unspecified atom stereocenters. The lowest BCUT2D eigenvalue weighted by atomic mass is 9.98. The largest absolute Gasteiger partial charge is 0.378 e. The van der Waals surface area contributed by atoms with Gasteiger partial charge < -0.3 is 14.4 Å². The first kappa shape index (κ1) is 15.6. The molecular formula is C17H24N2O3S. The van der Waals surface area contributed by atoms with E-state index in [2.05, 4.69) is 21.7 Å². The minimum atomic E-state index is -0.240. The summed E-state index contributed by atoms with van der Waals surface area (Å²) in [5.74, 6) is 0.169. The van der Waals surface area contributed by atoms with E-state index in [9.17, 15) is 4.79 Å². The van der Waals surface area contributed by atoms with Crippen LogP contribution in [0.1, 0.15) is 24.8 Å². The third-order valence-electron chi connectivity index (χ3n) is 5.23. The van der Waals surface area contributed by atoms with Gasteiger partial charge in [0.05, 0.1) is 19.3 Å². The van der Waals surface area contributed by atoms with Crippen molar-refractivity contribution in [3.05, 3.63) is 22.4 Å². The van der Waals surface area contributed by atoms with Crippen LogP contribution in [0.2, 0.25) is 0 Å². The van der Waals surface area contributed by atoms with Crippen LogP contribution in [-0.4, -0.2) is 66.8 Å². The monoisotopic (exact) mass is 336 g/mol. The lowest BCUT2D eigenvalue weighted by Crippen LogP contribution is -2.51. The Bertz CT molecular complexity index is 530. The number of likely N-dealkylation sites (tertiary alicyclic amines) is 1. The molecule has 126 valence electrons. The van der Waals surface area contributed by atoms with Gasteiger partial charge in [-0.1, -0.05) is 0 Å². The molecule has 4 heterocycles. The number of thiophene rings is 1. The van der Waals surface area contributed by atoms with E-state index in [1.807, 2.05) is 4.90 Å². The summed E-state index contributed by atoms with van der Waals surface area (Å²) in [6.07, 6.45) is 2.93. The molecule has 1 aromatic heterocycles. The van der Waals surface area contributed by atoms with Crippen LogP contribution in [0.4, 0.5) is 0 Å². The van der Waals surface area contributed by atoms with E-state index in [1.54, 1.807) is 11.3 Å². The molecule has 3 saturated heterocycles. The number of hydrogen-bond donors (Lipinski definition) is 0. The van der Waals surface area contributed by atoms with Crippen LogP contribution in [0.15, 0.2) is 16.8 Å². The molecule has 0 aliphatic carbocycles. The summed E-state index contributed by atoms with van der Waals surface area (Å²) in [6.45, 7) is 4.80. The Morgan fingerprint density at radius 1 is 1.22 bits per heavy atom. The molecule has 3 atom stereocenters. The molecule has 3 aliphatic heterocycles. The Kier molecular flexibility index (Phi) is 4.66. The highest BCUT2D eigenvalue weighted by Crippen LogP contribution is 2.33. The average molecular weight is 336 g/mol. The van der Waals surface area contributed by atoms with Crippen molar-refractivity contribution in [2.75, 3.05) is 32.8 Å². The van der Waals surface area contributed by atoms with Crippen LogP contribution in [0.25, 0.3) is 0 Å². The molecule has 0 spiro atoms. The van der Waals surface area contributed by atoms with Gasteiger partial charge in [-0.3, -0.25) is 9.69 Å². The maximum Gasteiger partial charge on any atom is 0.251 e. The number of hydrogen-bond acceptors (Lipinski definition) is 5. The molecule has 0 saturated carbocycles. The van der Waals surface area contributed by atoms with Crippen LogP contribution in [0.3, 0.4) is 0 Å². The maximum atomic E-state index is 12.6. The molecule has 0 radical (unpaired) electrons. The number of carbonyl (C=O) groups excluding carboxylic acids is 1. The van der Waals surface area contributed by atoms with E-state index < -0.39 is 0 Å². The Hall–Kier alpha value is -0.950. The van der Waals surface area contributed by atoms with Crippen LogP contribution < -0.4 is 0 Å². The highest BCUT2D eigenvalue weighted by atomic mass is 32.1. The second kappa shape index (κ2) is 6.89. The van der Waals surface area contributed by atoms with Crippen molar-refractivity contribution in [3.8, 4) is 0 Å². The Morgan fingerprint density at radius 2 is 2.09 bits per heavy atom. The minimum Gasteiger partial charge on any atom is -0.378 e. The second-order valence-electron chi connectivity index (χ2n) is 6.64. The topological polar surface area (TPSA) is 42.0 Å². The number of carbonyl (C=O) groups is 1. The molecule has 3 aliphatic rings. The van der Waals surface area contributed by atoms with Crippen LogP contribution in [0.5, 0.6) is 0 Å². The zero-order valence-electron chi connectivity index (χ0n) is 13.4. The lowest BCUT2D eigenvalue weighted by Gasteiger charge is -2.38. The summed E-state index contributed by atoms with van der Waals surface area (Å²) in [6, 6.07) is 2.68. The molecule has 5 nitrogen and oxygen atoms in total. The fourth-order valence-corrected chi connectivity index (χ4v) is 4.66. The van der Waals surface area contributed by atoms with E-state index in [4.69, 9.17) is 9.47 Å². The van der Waals surface area contributed by atoms with Crippen molar-refractivity contribution in [2.24, 2.45) is 0 Å². The number of ether oxygens (including phenoxy) is 2. The summed E-state index contributed by atoms with van der Waals surface area (Å²) >= 11 is 1.75. The molecule has 3 fully saturated rings. The molecule has 0 N–H and O–H groups in total. The van der Waals surface area contributed by atoms with Crippen molar-refractivity contribution in [1.82, 2.24) is 9.80 Å². The molecule has 0 bridgehead atoms. The van der Waals surface area contributed by atoms with Crippen molar-refractivity contribution >= 4 is 17.2 Å². The fourth-order valence-electron chi connectivity index (χ4n) is 4.00. The van der Waals surface area contributed by atoms with Gasteiger partial charge in [0.25, 0.3) is 5.91 Å². The first-order valence-corrected chi connectivity index (χ1v) is 9.52. The average Bonchev–Trinajstić information content (AvgIpc) is 3.25. The Balaban J connectivity index is 1.34. The quantitative estimate of drug-likeness (QED) is 0.843. The first-order chi connectivity index (χ1) is 11.3. The van der Waals surface area contributed by atoms with Gasteiger partial charge in [0.1, 0.15) is 6.10 Å². The maximum absolute atomic E-state index is 12.6. The fraction of sp³-hybridized carbons (Fsp3) is 0.706. The van der Waals surface area contributed by atoms with E-state index >= 15 is 0 Å². The van der Waals surface area contributed by atoms with E-state index in [0.29, 0.717) is 32.3 Å². The van der Waals surface area contributed by atoms with E-state index in [1.165, 1.54) is 5.56 Å². The predicted octanol–water partition coefficient (Wildman–Crippen LogP) is 1.73. The van der Waals surface area contributed by atoms with Crippen molar-refractivity contribution in [3.63, 3.8) is 0 Å². The summed E-state index contributed by atoms with van der Waals surface area (Å²) < 4.78 is 11.5. The molecule has 6 heteroatoms. The van der Waals surface area contributed by atoms with Gasteiger partial charge in [-0.15, -0.1) is 0 Å². The van der Waals surface area contributed by atoms with Gasteiger partial charge >= 0.3 is 0 Å². The van der Waals surface area contributed by atoms with Crippen molar-refractivity contribution < 1.29 is 14.3 Å². The van der Waals surface area contributed by atoms with E-state index in [-0.39, 0.29) is 18.1 Å². The molecule has 1 amide bonds. The third kappa shape index (κ3) is 3.31. The highest BCUT2D eigenvalue weighted by Gasteiger charge is 2.42. The number of morpholine rings is 1.